The number of rotatable bonds is 7. The van der Waals surface area contributed by atoms with Gasteiger partial charge in [-0.15, -0.1) is 0 Å². The number of piperazine rings is 1. The van der Waals surface area contributed by atoms with Gasteiger partial charge in [-0.1, -0.05) is 41.4 Å². The molecule has 0 spiro atoms. The lowest BCUT2D eigenvalue weighted by Gasteiger charge is -2.36. The first-order chi connectivity index (χ1) is 18.0. The lowest BCUT2D eigenvalue weighted by atomic mass is 10.1. The van der Waals surface area contributed by atoms with E-state index in [0.717, 1.165) is 66.9 Å². The van der Waals surface area contributed by atoms with E-state index in [9.17, 15) is 9.59 Å². The predicted molar refractivity (Wildman–Crippen MR) is 149 cm³/mol. The number of hydrogen-bond donors (Lipinski definition) is 2. The average Bonchev–Trinajstić information content (AvgIpc) is 3.26. The molecule has 0 saturated carbocycles. The minimum absolute atomic E-state index is 0.424. The number of H-pyrrole nitrogens is 1. The molecule has 37 heavy (non-hydrogen) atoms. The third-order valence-corrected chi connectivity index (χ3v) is 7.51. The molecule has 1 saturated heterocycles. The van der Waals surface area contributed by atoms with Gasteiger partial charge in [-0.25, -0.2) is 14.2 Å². The van der Waals surface area contributed by atoms with Gasteiger partial charge < -0.3 is 15.2 Å². The van der Waals surface area contributed by atoms with Crippen LogP contribution in [0.4, 0.5) is 10.5 Å². The van der Waals surface area contributed by atoms with Crippen molar-refractivity contribution >= 4 is 46.0 Å². The number of carbonyl (C=O) groups is 1. The second-order valence-corrected chi connectivity index (χ2v) is 9.87. The third-order valence-electron chi connectivity index (χ3n) is 6.70. The number of aromatic nitrogens is 3. The number of nitrogens with zero attached hydrogens (tertiary/aromatic N) is 4. The Morgan fingerprint density at radius 1 is 1.00 bits per heavy atom. The van der Waals surface area contributed by atoms with Crippen LogP contribution < -0.4 is 15.9 Å². The normalized spacial score (nSPS) is 14.3. The van der Waals surface area contributed by atoms with Crippen LogP contribution in [0.2, 0.25) is 10.0 Å². The van der Waals surface area contributed by atoms with Gasteiger partial charge in [0.2, 0.25) is 0 Å². The summed E-state index contributed by atoms with van der Waals surface area (Å²) in [6.45, 7) is 5.12. The molecular weight excluding hydrogens is 511 g/mol. The zero-order valence-corrected chi connectivity index (χ0v) is 21.8. The molecule has 4 aromatic rings. The van der Waals surface area contributed by atoms with E-state index < -0.39 is 11.7 Å². The quantitative estimate of drug-likeness (QED) is 0.328. The molecule has 192 valence electrons. The Morgan fingerprint density at radius 3 is 2.62 bits per heavy atom. The second kappa shape index (κ2) is 11.4. The van der Waals surface area contributed by atoms with Crippen LogP contribution >= 0.6 is 23.2 Å². The number of benzene rings is 2. The zero-order valence-electron chi connectivity index (χ0n) is 20.3. The number of nitrogens with one attached hydrogen (secondary N) is 2. The van der Waals surface area contributed by atoms with Gasteiger partial charge in [0, 0.05) is 50.7 Å². The predicted octanol–water partition coefficient (Wildman–Crippen LogP) is 4.86. The average molecular weight is 539 g/mol. The van der Waals surface area contributed by atoms with E-state index in [-0.39, 0.29) is 0 Å². The molecule has 1 aliphatic heterocycles. The number of unbranched alkanes of at least 4 members (excludes halogenated alkanes) is 1. The first-order valence-corrected chi connectivity index (χ1v) is 13.1. The van der Waals surface area contributed by atoms with Crippen molar-refractivity contribution in [3.63, 3.8) is 0 Å². The van der Waals surface area contributed by atoms with Crippen molar-refractivity contribution in [2.45, 2.75) is 12.8 Å². The molecule has 0 atom stereocenters. The highest BCUT2D eigenvalue weighted by Crippen LogP contribution is 2.32. The summed E-state index contributed by atoms with van der Waals surface area (Å²) in [6.07, 6.45) is 5.23. The second-order valence-electron chi connectivity index (χ2n) is 9.08. The van der Waals surface area contributed by atoms with Crippen LogP contribution in [-0.2, 0) is 0 Å². The van der Waals surface area contributed by atoms with Crippen molar-refractivity contribution in [3.8, 4) is 11.1 Å². The molecule has 8 nitrogen and oxygen atoms in total. The van der Waals surface area contributed by atoms with Crippen molar-refractivity contribution < 1.29 is 4.79 Å². The maximum atomic E-state index is 12.9. The third kappa shape index (κ3) is 5.66. The molecule has 0 aliphatic carbocycles. The number of anilines is 1. The molecule has 0 bridgehead atoms. The van der Waals surface area contributed by atoms with E-state index in [0.29, 0.717) is 27.6 Å². The summed E-state index contributed by atoms with van der Waals surface area (Å²) in [7, 11) is 0. The van der Waals surface area contributed by atoms with Crippen molar-refractivity contribution in [1.82, 2.24) is 24.8 Å². The summed E-state index contributed by atoms with van der Waals surface area (Å²) in [6, 6.07) is 14.6. The lowest BCUT2D eigenvalue weighted by molar-refractivity contribution is 0.240. The van der Waals surface area contributed by atoms with Gasteiger partial charge in [-0.2, -0.15) is 0 Å². The Hall–Kier alpha value is -3.33. The molecule has 3 heterocycles. The number of imidazole rings is 1. The number of hydrogen-bond acceptors (Lipinski definition) is 5. The van der Waals surface area contributed by atoms with E-state index in [4.69, 9.17) is 23.2 Å². The maximum Gasteiger partial charge on any atom is 0.334 e. The van der Waals surface area contributed by atoms with Gasteiger partial charge in [-0.05, 0) is 55.3 Å². The summed E-state index contributed by atoms with van der Waals surface area (Å²) in [5, 5.41) is 4.08. The van der Waals surface area contributed by atoms with E-state index in [1.165, 1.54) is 0 Å². The highest BCUT2D eigenvalue weighted by molar-refractivity contribution is 6.43. The Balaban J connectivity index is 1.11. The maximum absolute atomic E-state index is 12.9. The highest BCUT2D eigenvalue weighted by atomic mass is 35.5. The Labute approximate surface area is 224 Å². The fourth-order valence-corrected chi connectivity index (χ4v) is 5.12. The van der Waals surface area contributed by atoms with Crippen LogP contribution in [0, 0.1) is 0 Å². The van der Waals surface area contributed by atoms with E-state index >= 15 is 0 Å². The van der Waals surface area contributed by atoms with Crippen molar-refractivity contribution in [1.29, 1.82) is 0 Å². The van der Waals surface area contributed by atoms with Crippen LogP contribution in [0.15, 0.2) is 65.7 Å². The van der Waals surface area contributed by atoms with E-state index in [1.54, 1.807) is 18.5 Å². The number of pyridine rings is 1. The first kappa shape index (κ1) is 25.3. The number of halogens is 2. The largest absolute Gasteiger partial charge is 0.368 e. The van der Waals surface area contributed by atoms with Crippen molar-refractivity contribution in [2.24, 2.45) is 0 Å². The number of amides is 1. The van der Waals surface area contributed by atoms with Crippen molar-refractivity contribution in [3.05, 3.63) is 81.5 Å². The molecule has 2 aromatic heterocycles. The van der Waals surface area contributed by atoms with Gasteiger partial charge in [0.1, 0.15) is 0 Å². The Bertz CT molecular complexity index is 1440. The molecule has 0 radical (unpaired) electrons. The van der Waals surface area contributed by atoms with Gasteiger partial charge >= 0.3 is 11.7 Å². The molecule has 1 fully saturated rings. The topological polar surface area (TPSA) is 86.3 Å². The zero-order chi connectivity index (χ0) is 25.8. The fourth-order valence-electron chi connectivity index (χ4n) is 4.70. The number of carbonyl (C=O) groups excluding carboxylic acids is 1. The molecular formula is C27H28Cl2N6O2. The Kier molecular flexibility index (Phi) is 7.79. The number of aromatic amines is 1. The summed E-state index contributed by atoms with van der Waals surface area (Å²) < 4.78 is 1.16. The Morgan fingerprint density at radius 2 is 1.84 bits per heavy atom. The summed E-state index contributed by atoms with van der Waals surface area (Å²) >= 11 is 12.5. The molecule has 1 aliphatic rings. The molecule has 0 unspecified atom stereocenters. The summed E-state index contributed by atoms with van der Waals surface area (Å²) in [4.78, 5) is 36.9. The lowest BCUT2D eigenvalue weighted by Crippen LogP contribution is -2.46. The van der Waals surface area contributed by atoms with Gasteiger partial charge in [0.25, 0.3) is 0 Å². The van der Waals surface area contributed by atoms with Crippen LogP contribution in [0.25, 0.3) is 22.2 Å². The van der Waals surface area contributed by atoms with Crippen LogP contribution in [0.1, 0.15) is 12.8 Å². The molecule has 10 heteroatoms. The standard InChI is InChI=1S/C27H28Cl2N6O2/c28-21-6-3-7-23(25(21)29)34-15-13-33(14-16-34)12-2-1-11-31-26(36)35-24-17-19(20-5-4-10-30-18-20)8-9-22(24)32-27(35)37/h3-10,17-18H,1-2,11-16H2,(H,31,36)(H,32,37). The van der Waals surface area contributed by atoms with E-state index in [2.05, 4.69) is 25.1 Å². The van der Waals surface area contributed by atoms with Crippen LogP contribution in [-0.4, -0.2) is 64.7 Å². The van der Waals surface area contributed by atoms with Crippen molar-refractivity contribution in [2.75, 3.05) is 44.2 Å². The molecule has 5 rings (SSSR count). The summed E-state index contributed by atoms with van der Waals surface area (Å²) in [5.74, 6) is 0. The number of fused-ring (bicyclic) bond motifs is 1. The molecule has 2 aromatic carbocycles. The summed E-state index contributed by atoms with van der Waals surface area (Å²) in [5.41, 5.74) is 3.50. The smallest absolute Gasteiger partial charge is 0.334 e. The van der Waals surface area contributed by atoms with Gasteiger partial charge in [-0.3, -0.25) is 9.88 Å². The van der Waals surface area contributed by atoms with Gasteiger partial charge in [0.05, 0.1) is 26.8 Å². The minimum atomic E-state index is -0.450. The minimum Gasteiger partial charge on any atom is -0.368 e. The van der Waals surface area contributed by atoms with Crippen LogP contribution in [0.5, 0.6) is 0 Å². The van der Waals surface area contributed by atoms with E-state index in [1.807, 2.05) is 42.5 Å². The molecule has 2 N–H and O–H groups in total. The monoisotopic (exact) mass is 538 g/mol. The fraction of sp³-hybridized carbons (Fsp3) is 0.296. The highest BCUT2D eigenvalue weighted by Gasteiger charge is 2.20. The first-order valence-electron chi connectivity index (χ1n) is 12.4. The van der Waals surface area contributed by atoms with Gasteiger partial charge in [0.15, 0.2) is 0 Å². The SMILES string of the molecule is O=C(NCCCCN1CCN(c2cccc(Cl)c2Cl)CC1)n1c(=O)[nH]c2ccc(-c3cccnc3)cc21. The molecule has 1 amide bonds. The van der Waals surface area contributed by atoms with Crippen LogP contribution in [0.3, 0.4) is 0 Å².